The fourth-order valence-electron chi connectivity index (χ4n) is 4.17. The van der Waals surface area contributed by atoms with Crippen LogP contribution in [0.5, 0.6) is 0 Å². The monoisotopic (exact) mass is 430 g/mol. The number of anilines is 1. The summed E-state index contributed by atoms with van der Waals surface area (Å²) in [6.45, 7) is 3.11. The average molecular weight is 430 g/mol. The second-order valence-electron chi connectivity index (χ2n) is 7.98. The summed E-state index contributed by atoms with van der Waals surface area (Å²) in [5.41, 5.74) is 2.58. The maximum absolute atomic E-state index is 12.8. The highest BCUT2D eigenvalue weighted by molar-refractivity contribution is 6.02. The number of carbonyl (C=O) groups is 2. The van der Waals surface area contributed by atoms with Gasteiger partial charge in [-0.1, -0.05) is 18.2 Å². The molecule has 162 valence electrons. The lowest BCUT2D eigenvalue weighted by Gasteiger charge is -2.18. The van der Waals surface area contributed by atoms with E-state index in [9.17, 15) is 14.4 Å². The predicted molar refractivity (Wildman–Crippen MR) is 121 cm³/mol. The molecule has 0 aliphatic carbocycles. The summed E-state index contributed by atoms with van der Waals surface area (Å²) < 4.78 is 6.88. The zero-order valence-corrected chi connectivity index (χ0v) is 17.6. The zero-order valence-electron chi connectivity index (χ0n) is 17.6. The Kier molecular flexibility index (Phi) is 4.97. The largest absolute Gasteiger partial charge is 0.448 e. The van der Waals surface area contributed by atoms with Crippen LogP contribution in [0.4, 0.5) is 5.69 Å². The lowest BCUT2D eigenvalue weighted by Crippen LogP contribution is -2.29. The second kappa shape index (κ2) is 7.96. The summed E-state index contributed by atoms with van der Waals surface area (Å²) in [6, 6.07) is 12.5. The van der Waals surface area contributed by atoms with Gasteiger partial charge >= 0.3 is 0 Å². The number of nitrogens with zero attached hydrogens (tertiary/aromatic N) is 3. The van der Waals surface area contributed by atoms with Gasteiger partial charge in [0.25, 0.3) is 11.5 Å². The van der Waals surface area contributed by atoms with Gasteiger partial charge in [0.05, 0.1) is 6.33 Å². The summed E-state index contributed by atoms with van der Waals surface area (Å²) >= 11 is 0. The van der Waals surface area contributed by atoms with Gasteiger partial charge in [-0.25, -0.2) is 4.98 Å². The van der Waals surface area contributed by atoms with E-state index in [-0.39, 0.29) is 18.0 Å². The summed E-state index contributed by atoms with van der Waals surface area (Å²) in [4.78, 5) is 44.5. The minimum Gasteiger partial charge on any atom is -0.448 e. The van der Waals surface area contributed by atoms with Crippen molar-refractivity contribution in [3.05, 3.63) is 70.3 Å². The highest BCUT2D eigenvalue weighted by Gasteiger charge is 2.22. The first-order chi connectivity index (χ1) is 15.5. The fourth-order valence-corrected chi connectivity index (χ4v) is 4.17. The van der Waals surface area contributed by atoms with Gasteiger partial charge in [0.15, 0.2) is 0 Å². The van der Waals surface area contributed by atoms with Gasteiger partial charge in [0.2, 0.25) is 11.5 Å². The Balaban J connectivity index is 1.38. The lowest BCUT2D eigenvalue weighted by molar-refractivity contribution is -0.116. The molecule has 1 saturated heterocycles. The van der Waals surface area contributed by atoms with Crippen molar-refractivity contribution in [2.45, 2.75) is 26.3 Å². The van der Waals surface area contributed by atoms with Gasteiger partial charge in [-0.15, -0.1) is 0 Å². The molecular formula is C24H22N4O4. The van der Waals surface area contributed by atoms with Gasteiger partial charge < -0.3 is 14.6 Å². The van der Waals surface area contributed by atoms with Crippen molar-refractivity contribution in [3.8, 4) is 0 Å². The number of para-hydroxylation sites is 1. The van der Waals surface area contributed by atoms with E-state index < -0.39 is 11.5 Å². The van der Waals surface area contributed by atoms with Crippen LogP contribution in [0.3, 0.4) is 0 Å². The van der Waals surface area contributed by atoms with E-state index in [0.29, 0.717) is 27.9 Å². The normalized spacial score (nSPS) is 13.7. The molecule has 0 radical (unpaired) electrons. The number of nitrogens with one attached hydrogen (secondary N) is 1. The van der Waals surface area contributed by atoms with Gasteiger partial charge in [0, 0.05) is 29.7 Å². The average Bonchev–Trinajstić information content (AvgIpc) is 3.45. The van der Waals surface area contributed by atoms with Crippen LogP contribution < -0.4 is 10.9 Å². The first-order valence-electron chi connectivity index (χ1n) is 10.6. The maximum atomic E-state index is 12.8. The molecule has 0 atom stereocenters. The Hall–Kier alpha value is -3.94. The molecule has 8 heteroatoms. The van der Waals surface area contributed by atoms with Crippen molar-refractivity contribution in [1.82, 2.24) is 14.5 Å². The van der Waals surface area contributed by atoms with E-state index in [2.05, 4.69) is 10.3 Å². The Bertz CT molecular complexity index is 1410. The smallest absolute Gasteiger partial charge is 0.297 e. The topological polar surface area (TPSA) is 97.4 Å². The number of carbonyl (C=O) groups excluding carboxylic acids is 2. The van der Waals surface area contributed by atoms with Crippen LogP contribution in [0.25, 0.3) is 22.1 Å². The molecule has 1 aliphatic rings. The van der Waals surface area contributed by atoms with Crippen LogP contribution in [0.15, 0.2) is 58.0 Å². The molecule has 0 spiro atoms. The number of likely N-dealkylation sites (tertiary alicyclic amines) is 1. The van der Waals surface area contributed by atoms with E-state index in [1.54, 1.807) is 24.3 Å². The molecule has 3 heterocycles. The predicted octanol–water partition coefficient (Wildman–Crippen LogP) is 3.33. The molecule has 0 bridgehead atoms. The molecular weight excluding hydrogens is 408 g/mol. The molecule has 2 amide bonds. The van der Waals surface area contributed by atoms with E-state index >= 15 is 0 Å². The third kappa shape index (κ3) is 3.43. The number of hydrogen-bond acceptors (Lipinski definition) is 5. The molecule has 1 aliphatic heterocycles. The number of amides is 2. The van der Waals surface area contributed by atoms with Crippen molar-refractivity contribution in [2.75, 3.05) is 18.4 Å². The molecule has 1 N–H and O–H groups in total. The summed E-state index contributed by atoms with van der Waals surface area (Å²) in [5.74, 6) is -0.412. The van der Waals surface area contributed by atoms with Crippen molar-refractivity contribution < 1.29 is 14.0 Å². The molecule has 4 aromatic rings. The number of benzene rings is 2. The van der Waals surface area contributed by atoms with E-state index in [1.807, 2.05) is 30.0 Å². The van der Waals surface area contributed by atoms with Gasteiger partial charge in [-0.3, -0.25) is 19.0 Å². The van der Waals surface area contributed by atoms with Gasteiger partial charge in [-0.05, 0) is 49.6 Å². The van der Waals surface area contributed by atoms with Crippen LogP contribution in [0.2, 0.25) is 0 Å². The molecule has 5 rings (SSSR count). The molecule has 0 unspecified atom stereocenters. The third-order valence-electron chi connectivity index (χ3n) is 5.90. The van der Waals surface area contributed by atoms with Gasteiger partial charge in [-0.2, -0.15) is 0 Å². The van der Waals surface area contributed by atoms with Gasteiger partial charge in [0.1, 0.15) is 17.6 Å². The molecule has 32 heavy (non-hydrogen) atoms. The molecule has 1 fully saturated rings. The summed E-state index contributed by atoms with van der Waals surface area (Å²) in [7, 11) is 0. The van der Waals surface area contributed by atoms with E-state index in [1.165, 1.54) is 10.9 Å². The minimum absolute atomic E-state index is 0.0214. The molecule has 8 nitrogen and oxygen atoms in total. The SMILES string of the molecule is Cc1c(NC(=O)Cn2cnc3c(oc4ccccc43)c2=O)cccc1C(=O)N1CCCC1. The van der Waals surface area contributed by atoms with E-state index in [4.69, 9.17) is 4.42 Å². The highest BCUT2D eigenvalue weighted by atomic mass is 16.3. The molecule has 0 saturated carbocycles. The van der Waals surface area contributed by atoms with Crippen molar-refractivity contribution in [1.29, 1.82) is 0 Å². The first kappa shape index (κ1) is 20.0. The Morgan fingerprint density at radius 1 is 1.09 bits per heavy atom. The quantitative estimate of drug-likeness (QED) is 0.536. The van der Waals surface area contributed by atoms with E-state index in [0.717, 1.165) is 31.3 Å². The number of fused-ring (bicyclic) bond motifs is 3. The van der Waals surface area contributed by atoms with Crippen molar-refractivity contribution >= 4 is 39.6 Å². The molecule has 2 aromatic heterocycles. The number of hydrogen-bond donors (Lipinski definition) is 1. The summed E-state index contributed by atoms with van der Waals surface area (Å²) in [6.07, 6.45) is 3.38. The maximum Gasteiger partial charge on any atom is 0.297 e. The van der Waals surface area contributed by atoms with Crippen LogP contribution in [0, 0.1) is 6.92 Å². The molecule has 2 aromatic carbocycles. The number of aromatic nitrogens is 2. The Labute approximate surface area is 183 Å². The van der Waals surface area contributed by atoms with Crippen molar-refractivity contribution in [3.63, 3.8) is 0 Å². The highest BCUT2D eigenvalue weighted by Crippen LogP contribution is 2.24. The second-order valence-corrected chi connectivity index (χ2v) is 7.98. The summed E-state index contributed by atoms with van der Waals surface area (Å²) in [5, 5.41) is 3.57. The lowest BCUT2D eigenvalue weighted by atomic mass is 10.1. The minimum atomic E-state index is -0.420. The first-order valence-corrected chi connectivity index (χ1v) is 10.6. The standard InChI is InChI=1S/C24H22N4O4/c1-15-16(23(30)27-11-4-5-12-27)8-6-9-18(15)26-20(29)13-28-14-25-21-17-7-2-3-10-19(17)32-22(21)24(28)31/h2-3,6-10,14H,4-5,11-13H2,1H3,(H,26,29). The van der Waals surface area contributed by atoms with Crippen LogP contribution in [-0.4, -0.2) is 39.4 Å². The van der Waals surface area contributed by atoms with Crippen molar-refractivity contribution in [2.24, 2.45) is 0 Å². The number of rotatable bonds is 4. The fraction of sp³-hybridized carbons (Fsp3) is 0.250. The van der Waals surface area contributed by atoms with Crippen LogP contribution in [0.1, 0.15) is 28.8 Å². The van der Waals surface area contributed by atoms with Crippen LogP contribution in [-0.2, 0) is 11.3 Å². The Morgan fingerprint density at radius 2 is 1.88 bits per heavy atom. The Morgan fingerprint density at radius 3 is 2.69 bits per heavy atom. The van der Waals surface area contributed by atoms with Crippen LogP contribution >= 0.6 is 0 Å². The third-order valence-corrected chi connectivity index (χ3v) is 5.90. The zero-order chi connectivity index (χ0) is 22.2. The number of furan rings is 1.